The molecule has 1 saturated carbocycles. The lowest BCUT2D eigenvalue weighted by Gasteiger charge is -2.37. The molecule has 0 aliphatic heterocycles. The van der Waals surface area contributed by atoms with E-state index in [1.54, 1.807) is 0 Å². The van der Waals surface area contributed by atoms with Crippen LogP contribution in [0.25, 0.3) is 0 Å². The van der Waals surface area contributed by atoms with Crippen molar-refractivity contribution in [3.05, 3.63) is 0 Å². The molecule has 0 heterocycles. The third-order valence-corrected chi connectivity index (χ3v) is 4.90. The first-order chi connectivity index (χ1) is 9.93. The molecule has 0 aromatic heterocycles. The molecule has 0 aromatic rings. The van der Waals surface area contributed by atoms with E-state index >= 15 is 0 Å². The predicted octanol–water partition coefficient (Wildman–Crippen LogP) is 5.31. The SMILES string of the molecule is CCCOC(C)CC(C)COC1CC(C)CCC1C(C)C. The van der Waals surface area contributed by atoms with Crippen molar-refractivity contribution in [3.63, 3.8) is 0 Å². The van der Waals surface area contributed by atoms with Crippen LogP contribution in [0.15, 0.2) is 0 Å². The zero-order valence-corrected chi connectivity index (χ0v) is 15.2. The van der Waals surface area contributed by atoms with Crippen LogP contribution in [0.4, 0.5) is 0 Å². The van der Waals surface area contributed by atoms with Crippen LogP contribution in [-0.4, -0.2) is 25.4 Å². The van der Waals surface area contributed by atoms with Gasteiger partial charge in [0.05, 0.1) is 12.2 Å². The van der Waals surface area contributed by atoms with Gasteiger partial charge in [0, 0.05) is 13.2 Å². The van der Waals surface area contributed by atoms with Crippen molar-refractivity contribution in [3.8, 4) is 0 Å². The Labute approximate surface area is 133 Å². The number of ether oxygens (including phenoxy) is 2. The fraction of sp³-hybridized carbons (Fsp3) is 1.00. The molecule has 1 fully saturated rings. The highest BCUT2D eigenvalue weighted by Crippen LogP contribution is 2.35. The van der Waals surface area contributed by atoms with Crippen molar-refractivity contribution in [1.29, 1.82) is 0 Å². The van der Waals surface area contributed by atoms with E-state index in [0.717, 1.165) is 43.8 Å². The van der Waals surface area contributed by atoms with E-state index in [2.05, 4.69) is 41.5 Å². The van der Waals surface area contributed by atoms with Gasteiger partial charge in [-0.05, 0) is 56.3 Å². The van der Waals surface area contributed by atoms with Gasteiger partial charge in [0.25, 0.3) is 0 Å². The zero-order valence-electron chi connectivity index (χ0n) is 15.2. The highest BCUT2D eigenvalue weighted by molar-refractivity contribution is 4.81. The van der Waals surface area contributed by atoms with Crippen LogP contribution in [0.1, 0.15) is 73.6 Å². The van der Waals surface area contributed by atoms with Crippen LogP contribution in [0.5, 0.6) is 0 Å². The fourth-order valence-electron chi connectivity index (χ4n) is 3.62. The molecular weight excluding hydrogens is 260 g/mol. The average Bonchev–Trinajstić information content (AvgIpc) is 2.42. The Morgan fingerprint density at radius 1 is 1.10 bits per heavy atom. The smallest absolute Gasteiger partial charge is 0.0608 e. The molecule has 0 amide bonds. The maximum atomic E-state index is 6.34. The summed E-state index contributed by atoms with van der Waals surface area (Å²) in [5.41, 5.74) is 0. The topological polar surface area (TPSA) is 18.5 Å². The minimum Gasteiger partial charge on any atom is -0.379 e. The lowest BCUT2D eigenvalue weighted by atomic mass is 9.75. The summed E-state index contributed by atoms with van der Waals surface area (Å²) < 4.78 is 12.1. The molecule has 5 unspecified atom stereocenters. The molecule has 5 atom stereocenters. The van der Waals surface area contributed by atoms with Crippen molar-refractivity contribution in [1.82, 2.24) is 0 Å². The van der Waals surface area contributed by atoms with E-state index in [1.165, 1.54) is 19.3 Å². The summed E-state index contributed by atoms with van der Waals surface area (Å²) >= 11 is 0. The predicted molar refractivity (Wildman–Crippen MR) is 90.6 cm³/mol. The lowest BCUT2D eigenvalue weighted by Crippen LogP contribution is -2.35. The van der Waals surface area contributed by atoms with E-state index < -0.39 is 0 Å². The molecular formula is C19H38O2. The monoisotopic (exact) mass is 298 g/mol. The first-order valence-electron chi connectivity index (χ1n) is 9.17. The first kappa shape index (κ1) is 19.0. The van der Waals surface area contributed by atoms with Crippen LogP contribution in [-0.2, 0) is 9.47 Å². The largest absolute Gasteiger partial charge is 0.379 e. The van der Waals surface area contributed by atoms with Crippen LogP contribution >= 0.6 is 0 Å². The first-order valence-corrected chi connectivity index (χ1v) is 9.17. The highest BCUT2D eigenvalue weighted by atomic mass is 16.5. The Hall–Kier alpha value is -0.0800. The summed E-state index contributed by atoms with van der Waals surface area (Å²) in [5, 5.41) is 0. The lowest BCUT2D eigenvalue weighted by molar-refractivity contribution is -0.0562. The fourth-order valence-corrected chi connectivity index (χ4v) is 3.62. The van der Waals surface area contributed by atoms with Gasteiger partial charge in [-0.25, -0.2) is 0 Å². The number of hydrogen-bond donors (Lipinski definition) is 0. The molecule has 2 nitrogen and oxygen atoms in total. The second kappa shape index (κ2) is 9.84. The molecule has 0 spiro atoms. The summed E-state index contributed by atoms with van der Waals surface area (Å²) in [7, 11) is 0. The van der Waals surface area contributed by atoms with Crippen LogP contribution in [0, 0.1) is 23.7 Å². The summed E-state index contributed by atoms with van der Waals surface area (Å²) in [4.78, 5) is 0. The molecule has 1 aliphatic rings. The van der Waals surface area contributed by atoms with Gasteiger partial charge in [-0.15, -0.1) is 0 Å². The van der Waals surface area contributed by atoms with Gasteiger partial charge in [0.2, 0.25) is 0 Å². The molecule has 1 rings (SSSR count). The summed E-state index contributed by atoms with van der Waals surface area (Å²) in [6.45, 7) is 15.5. The Bertz CT molecular complexity index is 264. The van der Waals surface area contributed by atoms with Crippen molar-refractivity contribution >= 4 is 0 Å². The third-order valence-electron chi connectivity index (χ3n) is 4.90. The molecule has 1 aliphatic carbocycles. The maximum absolute atomic E-state index is 6.34. The Kier molecular flexibility index (Phi) is 8.89. The van der Waals surface area contributed by atoms with E-state index in [4.69, 9.17) is 9.47 Å². The zero-order chi connectivity index (χ0) is 15.8. The van der Waals surface area contributed by atoms with Crippen molar-refractivity contribution in [2.24, 2.45) is 23.7 Å². The molecule has 0 bridgehead atoms. The van der Waals surface area contributed by atoms with Crippen LogP contribution < -0.4 is 0 Å². The van der Waals surface area contributed by atoms with Crippen LogP contribution in [0.2, 0.25) is 0 Å². The second-order valence-corrected chi connectivity index (χ2v) is 7.72. The van der Waals surface area contributed by atoms with Crippen molar-refractivity contribution in [2.75, 3.05) is 13.2 Å². The number of hydrogen-bond acceptors (Lipinski definition) is 2. The quantitative estimate of drug-likeness (QED) is 0.574. The molecule has 126 valence electrons. The van der Waals surface area contributed by atoms with Gasteiger partial charge in [0.1, 0.15) is 0 Å². The summed E-state index contributed by atoms with van der Waals surface area (Å²) in [5.74, 6) is 2.90. The van der Waals surface area contributed by atoms with E-state index in [1.807, 2.05) is 0 Å². The summed E-state index contributed by atoms with van der Waals surface area (Å²) in [6.07, 6.45) is 7.00. The minimum atomic E-state index is 0.356. The van der Waals surface area contributed by atoms with Crippen molar-refractivity contribution in [2.45, 2.75) is 85.9 Å². The third kappa shape index (κ3) is 7.15. The highest BCUT2D eigenvalue weighted by Gasteiger charge is 2.31. The van der Waals surface area contributed by atoms with E-state index in [-0.39, 0.29) is 0 Å². The average molecular weight is 299 g/mol. The molecule has 0 aromatic carbocycles. The van der Waals surface area contributed by atoms with Crippen molar-refractivity contribution < 1.29 is 9.47 Å². The molecule has 0 radical (unpaired) electrons. The van der Waals surface area contributed by atoms with Gasteiger partial charge in [0.15, 0.2) is 0 Å². The standard InChI is InChI=1S/C19H38O2/c1-7-10-20-17(6)11-16(5)13-21-19-12-15(4)8-9-18(19)14(2)3/h14-19H,7-13H2,1-6H3. The van der Waals surface area contributed by atoms with Crippen LogP contribution in [0.3, 0.4) is 0 Å². The van der Waals surface area contributed by atoms with E-state index in [9.17, 15) is 0 Å². The molecule has 2 heteroatoms. The Morgan fingerprint density at radius 2 is 1.81 bits per heavy atom. The minimum absolute atomic E-state index is 0.356. The van der Waals surface area contributed by atoms with Gasteiger partial charge < -0.3 is 9.47 Å². The van der Waals surface area contributed by atoms with Gasteiger partial charge in [-0.3, -0.25) is 0 Å². The maximum Gasteiger partial charge on any atom is 0.0608 e. The van der Waals surface area contributed by atoms with Gasteiger partial charge >= 0.3 is 0 Å². The van der Waals surface area contributed by atoms with E-state index in [0.29, 0.717) is 18.1 Å². The van der Waals surface area contributed by atoms with Gasteiger partial charge in [-0.2, -0.15) is 0 Å². The Balaban J connectivity index is 2.33. The summed E-state index contributed by atoms with van der Waals surface area (Å²) in [6, 6.07) is 0. The second-order valence-electron chi connectivity index (χ2n) is 7.72. The molecule has 0 N–H and O–H groups in total. The normalized spacial score (nSPS) is 29.6. The Morgan fingerprint density at radius 3 is 2.43 bits per heavy atom. The molecule has 0 saturated heterocycles. The van der Waals surface area contributed by atoms with Gasteiger partial charge in [-0.1, -0.05) is 41.0 Å². The number of rotatable bonds is 9. The molecule has 21 heavy (non-hydrogen) atoms.